The summed E-state index contributed by atoms with van der Waals surface area (Å²) in [4.78, 5) is 16.3. The summed E-state index contributed by atoms with van der Waals surface area (Å²) < 4.78 is 0. The quantitative estimate of drug-likeness (QED) is 0.805. The van der Waals surface area contributed by atoms with Gasteiger partial charge in [0.1, 0.15) is 5.15 Å². The fraction of sp³-hybridized carbons (Fsp3) is 0.600. The first kappa shape index (κ1) is 16.0. The van der Waals surface area contributed by atoms with Crippen molar-refractivity contribution in [3.8, 4) is 0 Å². The summed E-state index contributed by atoms with van der Waals surface area (Å²) in [6.45, 7) is 8.39. The standard InChI is InChI=1S/C15H23ClN2O/c1-5-13-8-12(9-14(16)18-13)15(19)17-11(4)7-6-10(2)3/h8-11H,5-7H2,1-4H3,(H,17,19). The minimum Gasteiger partial charge on any atom is -0.350 e. The predicted molar refractivity (Wildman–Crippen MR) is 79.6 cm³/mol. The molecule has 1 aromatic rings. The minimum atomic E-state index is -0.0738. The van der Waals surface area contributed by atoms with Crippen molar-refractivity contribution >= 4 is 17.5 Å². The van der Waals surface area contributed by atoms with Crippen LogP contribution in [0.2, 0.25) is 5.15 Å². The summed E-state index contributed by atoms with van der Waals surface area (Å²) in [5.41, 5.74) is 1.43. The number of hydrogen-bond acceptors (Lipinski definition) is 2. The average molecular weight is 283 g/mol. The zero-order valence-electron chi connectivity index (χ0n) is 12.2. The van der Waals surface area contributed by atoms with Gasteiger partial charge in [0, 0.05) is 17.3 Å². The first-order chi connectivity index (χ1) is 8.92. The highest BCUT2D eigenvalue weighted by molar-refractivity contribution is 6.29. The second kappa shape index (κ2) is 7.49. The molecule has 0 saturated carbocycles. The van der Waals surface area contributed by atoms with Crippen LogP contribution in [0.5, 0.6) is 0 Å². The number of carbonyl (C=O) groups is 1. The molecule has 106 valence electrons. The van der Waals surface area contributed by atoms with Crippen molar-refractivity contribution < 1.29 is 4.79 Å². The highest BCUT2D eigenvalue weighted by Crippen LogP contribution is 2.12. The van der Waals surface area contributed by atoms with Crippen molar-refractivity contribution in [2.75, 3.05) is 0 Å². The monoisotopic (exact) mass is 282 g/mol. The van der Waals surface area contributed by atoms with Crippen LogP contribution in [0.3, 0.4) is 0 Å². The summed E-state index contributed by atoms with van der Waals surface area (Å²) in [6.07, 6.45) is 2.87. The van der Waals surface area contributed by atoms with Gasteiger partial charge in [-0.05, 0) is 44.2 Å². The van der Waals surface area contributed by atoms with E-state index in [0.29, 0.717) is 16.6 Å². The number of carbonyl (C=O) groups excluding carboxylic acids is 1. The van der Waals surface area contributed by atoms with E-state index in [9.17, 15) is 4.79 Å². The van der Waals surface area contributed by atoms with Crippen LogP contribution in [0, 0.1) is 5.92 Å². The third kappa shape index (κ3) is 5.60. The Labute approximate surface area is 120 Å². The van der Waals surface area contributed by atoms with Gasteiger partial charge < -0.3 is 5.32 Å². The van der Waals surface area contributed by atoms with Crippen LogP contribution >= 0.6 is 11.6 Å². The summed E-state index contributed by atoms with van der Waals surface area (Å²) in [5, 5.41) is 3.38. The van der Waals surface area contributed by atoms with Crippen LogP contribution < -0.4 is 5.32 Å². The van der Waals surface area contributed by atoms with E-state index < -0.39 is 0 Å². The number of rotatable bonds is 6. The molecule has 1 rings (SSSR count). The lowest BCUT2D eigenvalue weighted by Crippen LogP contribution is -2.32. The van der Waals surface area contributed by atoms with E-state index in [2.05, 4.69) is 24.1 Å². The second-order valence-corrected chi connectivity index (χ2v) is 5.76. The van der Waals surface area contributed by atoms with E-state index in [-0.39, 0.29) is 11.9 Å². The van der Waals surface area contributed by atoms with Gasteiger partial charge in [0.15, 0.2) is 0 Å². The van der Waals surface area contributed by atoms with Gasteiger partial charge in [0.2, 0.25) is 0 Å². The third-order valence-corrected chi connectivity index (χ3v) is 3.22. The summed E-state index contributed by atoms with van der Waals surface area (Å²) in [7, 11) is 0. The molecule has 0 bridgehead atoms. The molecule has 3 nitrogen and oxygen atoms in total. The number of halogens is 1. The van der Waals surface area contributed by atoms with Gasteiger partial charge in [-0.15, -0.1) is 0 Å². The first-order valence-electron chi connectivity index (χ1n) is 6.89. The molecule has 0 fully saturated rings. The molecule has 0 radical (unpaired) electrons. The largest absolute Gasteiger partial charge is 0.350 e. The molecule has 4 heteroatoms. The zero-order valence-corrected chi connectivity index (χ0v) is 12.9. The Morgan fingerprint density at radius 2 is 2.00 bits per heavy atom. The Hall–Kier alpha value is -1.09. The number of aromatic nitrogens is 1. The molecule has 1 aromatic heterocycles. The predicted octanol–water partition coefficient (Wildman–Crippen LogP) is 3.85. The maximum absolute atomic E-state index is 12.1. The van der Waals surface area contributed by atoms with Gasteiger partial charge in [-0.2, -0.15) is 0 Å². The molecule has 1 unspecified atom stereocenters. The topological polar surface area (TPSA) is 42.0 Å². The van der Waals surface area contributed by atoms with Crippen LogP contribution in [-0.4, -0.2) is 16.9 Å². The molecule has 1 heterocycles. The van der Waals surface area contributed by atoms with Crippen molar-refractivity contribution in [1.82, 2.24) is 10.3 Å². The Morgan fingerprint density at radius 1 is 1.32 bits per heavy atom. The van der Waals surface area contributed by atoms with Crippen LogP contribution in [0.4, 0.5) is 0 Å². The molecule has 0 aromatic carbocycles. The van der Waals surface area contributed by atoms with Crippen LogP contribution in [0.1, 0.15) is 56.6 Å². The SMILES string of the molecule is CCc1cc(C(=O)NC(C)CCC(C)C)cc(Cl)n1. The molecule has 19 heavy (non-hydrogen) atoms. The number of nitrogens with zero attached hydrogens (tertiary/aromatic N) is 1. The molecule has 1 amide bonds. The van der Waals surface area contributed by atoms with Gasteiger partial charge in [-0.3, -0.25) is 4.79 Å². The summed E-state index contributed by atoms with van der Waals surface area (Å²) >= 11 is 5.92. The van der Waals surface area contributed by atoms with E-state index in [4.69, 9.17) is 11.6 Å². The molecule has 1 N–H and O–H groups in total. The zero-order chi connectivity index (χ0) is 14.4. The number of nitrogens with one attached hydrogen (secondary N) is 1. The molecular formula is C15H23ClN2O. The Morgan fingerprint density at radius 3 is 2.58 bits per heavy atom. The van der Waals surface area contributed by atoms with Crippen molar-refractivity contribution in [2.24, 2.45) is 5.92 Å². The van der Waals surface area contributed by atoms with E-state index >= 15 is 0 Å². The molecule has 1 atom stereocenters. The van der Waals surface area contributed by atoms with Crippen molar-refractivity contribution in [2.45, 2.75) is 53.0 Å². The van der Waals surface area contributed by atoms with Crippen molar-refractivity contribution in [3.05, 3.63) is 28.5 Å². The lowest BCUT2D eigenvalue weighted by molar-refractivity contribution is 0.0937. The van der Waals surface area contributed by atoms with Crippen LogP contribution in [0.15, 0.2) is 12.1 Å². The summed E-state index contributed by atoms with van der Waals surface area (Å²) in [5.74, 6) is 0.580. The van der Waals surface area contributed by atoms with E-state index in [1.54, 1.807) is 12.1 Å². The van der Waals surface area contributed by atoms with Gasteiger partial charge in [0.25, 0.3) is 5.91 Å². The smallest absolute Gasteiger partial charge is 0.251 e. The maximum atomic E-state index is 12.1. The van der Waals surface area contributed by atoms with Gasteiger partial charge >= 0.3 is 0 Å². The maximum Gasteiger partial charge on any atom is 0.251 e. The molecule has 0 aliphatic rings. The lowest BCUT2D eigenvalue weighted by atomic mass is 10.0. The highest BCUT2D eigenvalue weighted by atomic mass is 35.5. The fourth-order valence-electron chi connectivity index (χ4n) is 1.83. The molecular weight excluding hydrogens is 260 g/mol. The molecule has 0 aliphatic carbocycles. The van der Waals surface area contributed by atoms with E-state index in [0.717, 1.165) is 25.0 Å². The molecule has 0 spiro atoms. The number of hydrogen-bond donors (Lipinski definition) is 1. The molecule has 0 saturated heterocycles. The normalized spacial score (nSPS) is 12.5. The number of pyridine rings is 1. The minimum absolute atomic E-state index is 0.0738. The third-order valence-electron chi connectivity index (χ3n) is 3.03. The first-order valence-corrected chi connectivity index (χ1v) is 7.27. The summed E-state index contributed by atoms with van der Waals surface area (Å²) in [6, 6.07) is 3.59. The van der Waals surface area contributed by atoms with E-state index in [1.807, 2.05) is 13.8 Å². The van der Waals surface area contributed by atoms with Crippen LogP contribution in [-0.2, 0) is 6.42 Å². The van der Waals surface area contributed by atoms with Crippen molar-refractivity contribution in [1.29, 1.82) is 0 Å². The highest BCUT2D eigenvalue weighted by Gasteiger charge is 2.12. The van der Waals surface area contributed by atoms with Gasteiger partial charge in [-0.1, -0.05) is 32.4 Å². The lowest BCUT2D eigenvalue weighted by Gasteiger charge is -2.15. The molecule has 0 aliphatic heterocycles. The fourth-order valence-corrected chi connectivity index (χ4v) is 2.05. The number of aryl methyl sites for hydroxylation is 1. The van der Waals surface area contributed by atoms with Crippen LogP contribution in [0.25, 0.3) is 0 Å². The number of amides is 1. The Kier molecular flexibility index (Phi) is 6.29. The average Bonchev–Trinajstić information content (AvgIpc) is 2.35. The van der Waals surface area contributed by atoms with Gasteiger partial charge in [-0.25, -0.2) is 4.98 Å². The van der Waals surface area contributed by atoms with E-state index in [1.165, 1.54) is 0 Å². The second-order valence-electron chi connectivity index (χ2n) is 5.37. The van der Waals surface area contributed by atoms with Crippen molar-refractivity contribution in [3.63, 3.8) is 0 Å². The van der Waals surface area contributed by atoms with Gasteiger partial charge in [0.05, 0.1) is 0 Å². The Balaban J connectivity index is 2.64. The Bertz CT molecular complexity index is 432.